The summed E-state index contributed by atoms with van der Waals surface area (Å²) in [4.78, 5) is 20.8. The van der Waals surface area contributed by atoms with Crippen molar-refractivity contribution in [3.8, 4) is 5.75 Å². The minimum Gasteiger partial charge on any atom is -0.486 e. The van der Waals surface area contributed by atoms with Crippen molar-refractivity contribution in [3.05, 3.63) is 59.9 Å². The highest BCUT2D eigenvalue weighted by Gasteiger charge is 2.56. The number of alkyl halides is 2. The van der Waals surface area contributed by atoms with Gasteiger partial charge in [0.05, 0.1) is 21.2 Å². The molecule has 3 heterocycles. The Bertz CT molecular complexity index is 1260. The lowest BCUT2D eigenvalue weighted by Gasteiger charge is -2.44. The minimum absolute atomic E-state index is 0.0166. The molecule has 0 aromatic carbocycles. The van der Waals surface area contributed by atoms with Gasteiger partial charge in [-0.05, 0) is 58.4 Å². The first-order valence-corrected chi connectivity index (χ1v) is 12.8. The van der Waals surface area contributed by atoms with Gasteiger partial charge in [-0.1, -0.05) is 6.58 Å². The number of amides is 1. The maximum Gasteiger partial charge on any atom is 0.273 e. The first-order chi connectivity index (χ1) is 16.7. The molecule has 0 saturated carbocycles. The van der Waals surface area contributed by atoms with E-state index in [1.54, 1.807) is 27.7 Å². The number of halogens is 3. The zero-order chi connectivity index (χ0) is 26.9. The summed E-state index contributed by atoms with van der Waals surface area (Å²) in [7, 11) is -2.81. The van der Waals surface area contributed by atoms with Crippen LogP contribution in [0.3, 0.4) is 0 Å². The number of nitrogens with zero attached hydrogens (tertiary/aromatic N) is 3. The van der Waals surface area contributed by atoms with Crippen LogP contribution in [0.4, 0.5) is 13.2 Å². The Morgan fingerprint density at radius 3 is 2.67 bits per heavy atom. The SMILES string of the molecule is C=C(/C(F)=C\C=C(/C)NC(=O)c1ccc(OCC(F)F)cn1)[C@@]1(C)N=C(N)C(C)(C)[S@@]2(=O)=NCC[C@@H]12. The lowest BCUT2D eigenvalue weighted by atomic mass is 9.86. The number of carbonyl (C=O) groups excluding carboxylic acids is 1. The molecule has 0 radical (unpaired) electrons. The van der Waals surface area contributed by atoms with Crippen LogP contribution < -0.4 is 15.8 Å². The maximum absolute atomic E-state index is 15.2. The third-order valence-electron chi connectivity index (χ3n) is 6.42. The van der Waals surface area contributed by atoms with Crippen molar-refractivity contribution in [2.75, 3.05) is 13.2 Å². The van der Waals surface area contributed by atoms with Gasteiger partial charge in [-0.2, -0.15) is 0 Å². The van der Waals surface area contributed by atoms with Crippen molar-refractivity contribution in [3.63, 3.8) is 0 Å². The molecule has 0 unspecified atom stereocenters. The van der Waals surface area contributed by atoms with Gasteiger partial charge in [0.1, 0.15) is 40.0 Å². The summed E-state index contributed by atoms with van der Waals surface area (Å²) in [6.07, 6.45) is 1.49. The van der Waals surface area contributed by atoms with Gasteiger partial charge >= 0.3 is 0 Å². The second-order valence-electron chi connectivity index (χ2n) is 9.23. The number of rotatable bonds is 8. The minimum atomic E-state index is -2.81. The van der Waals surface area contributed by atoms with Gasteiger partial charge in [-0.15, -0.1) is 0 Å². The molecule has 0 bridgehead atoms. The Morgan fingerprint density at radius 1 is 1.36 bits per heavy atom. The van der Waals surface area contributed by atoms with Gasteiger partial charge < -0.3 is 15.8 Å². The molecule has 0 fully saturated rings. The van der Waals surface area contributed by atoms with E-state index in [1.807, 2.05) is 0 Å². The van der Waals surface area contributed by atoms with Crippen molar-refractivity contribution in [2.45, 2.75) is 56.1 Å². The van der Waals surface area contributed by atoms with Crippen LogP contribution in [0.25, 0.3) is 0 Å². The van der Waals surface area contributed by atoms with Crippen LogP contribution in [-0.4, -0.2) is 56.0 Å². The third-order valence-corrected chi connectivity index (χ3v) is 10.1. The average Bonchev–Trinajstić information content (AvgIpc) is 3.24. The molecular weight excluding hydrogens is 495 g/mol. The van der Waals surface area contributed by atoms with Gasteiger partial charge in [-0.3, -0.25) is 9.79 Å². The average molecular weight is 526 g/mol. The number of allylic oxidation sites excluding steroid dienone is 3. The van der Waals surface area contributed by atoms with Crippen LogP contribution in [0.2, 0.25) is 0 Å². The topological polar surface area (TPSA) is 119 Å². The molecule has 0 saturated heterocycles. The Balaban J connectivity index is 1.73. The molecule has 3 rings (SSSR count). The molecule has 3 atom stereocenters. The predicted molar refractivity (Wildman–Crippen MR) is 133 cm³/mol. The van der Waals surface area contributed by atoms with Gasteiger partial charge in [0.2, 0.25) is 0 Å². The summed E-state index contributed by atoms with van der Waals surface area (Å²) in [6, 6.07) is 2.66. The number of fused-ring (bicyclic) bond motifs is 1. The Morgan fingerprint density at radius 2 is 2.06 bits per heavy atom. The van der Waals surface area contributed by atoms with Gasteiger partial charge in [0.15, 0.2) is 0 Å². The Kier molecular flexibility index (Phi) is 7.68. The number of nitrogens with one attached hydrogen (secondary N) is 1. The molecule has 0 aliphatic carbocycles. The van der Waals surface area contributed by atoms with Crippen LogP contribution in [0.5, 0.6) is 5.75 Å². The summed E-state index contributed by atoms with van der Waals surface area (Å²) < 4.78 is 61.7. The number of carbonyl (C=O) groups is 1. The van der Waals surface area contributed by atoms with Gasteiger partial charge in [0, 0.05) is 17.8 Å². The molecule has 36 heavy (non-hydrogen) atoms. The number of amidine groups is 1. The molecule has 1 aromatic heterocycles. The highest BCUT2D eigenvalue weighted by molar-refractivity contribution is 7.96. The fraction of sp³-hybridized carbons (Fsp3) is 0.458. The molecule has 1 amide bonds. The monoisotopic (exact) mass is 525 g/mol. The predicted octanol–water partition coefficient (Wildman–Crippen LogP) is 3.92. The van der Waals surface area contributed by atoms with Crippen LogP contribution in [-0.2, 0) is 9.73 Å². The smallest absolute Gasteiger partial charge is 0.273 e. The molecule has 3 N–H and O–H groups in total. The molecule has 12 heteroatoms. The van der Waals surface area contributed by atoms with E-state index in [-0.39, 0.29) is 22.9 Å². The number of pyridine rings is 1. The Labute approximate surface area is 208 Å². The first-order valence-electron chi connectivity index (χ1n) is 11.2. The van der Waals surface area contributed by atoms with Crippen molar-refractivity contribution >= 4 is 21.5 Å². The number of aromatic nitrogens is 1. The molecule has 1 aromatic rings. The highest BCUT2D eigenvalue weighted by Crippen LogP contribution is 2.46. The number of nitrogens with two attached hydrogens (primary N) is 1. The normalized spacial score (nSPS) is 27.7. The second-order valence-corrected chi connectivity index (χ2v) is 12.2. The van der Waals surface area contributed by atoms with Crippen molar-refractivity contribution < 1.29 is 26.9 Å². The number of hydrogen-bond acceptors (Lipinski definition) is 7. The van der Waals surface area contributed by atoms with Crippen LogP contribution in [0, 0.1) is 0 Å². The summed E-state index contributed by atoms with van der Waals surface area (Å²) in [6.45, 7) is 10.2. The quantitative estimate of drug-likeness (QED) is 0.499. The standard InChI is InChI=1S/C24H30F3N5O3S/c1-14(31-21(33)18-9-7-16(12-29-18)35-13-20(26)27)6-8-17(25)15(2)24(5)19-10-11-30-36(19,34)23(3,4)22(28)32-24/h6-9,12,19-20H,2,10-11,13H2,1,3-5H3,(H2,28,32)(H,31,33)/b14-6+,17-8+/t19-,24+,36+/m0/s1. The third kappa shape index (κ3) is 5.04. The Hall–Kier alpha value is -3.15. The van der Waals surface area contributed by atoms with Crippen molar-refractivity contribution in [1.82, 2.24) is 10.3 Å². The highest BCUT2D eigenvalue weighted by atomic mass is 32.2. The van der Waals surface area contributed by atoms with Crippen LogP contribution in [0.15, 0.2) is 63.5 Å². The second kappa shape index (κ2) is 10.1. The first kappa shape index (κ1) is 27.4. The van der Waals surface area contributed by atoms with E-state index in [9.17, 15) is 17.8 Å². The number of aliphatic imine (C=N–C) groups is 1. The zero-order valence-electron chi connectivity index (χ0n) is 20.6. The summed E-state index contributed by atoms with van der Waals surface area (Å²) in [5, 5.41) is 2.02. The van der Waals surface area contributed by atoms with E-state index >= 15 is 4.39 Å². The number of hydrogen-bond donors (Lipinski definition) is 2. The van der Waals surface area contributed by atoms with Crippen LogP contribution in [0.1, 0.15) is 44.6 Å². The summed E-state index contributed by atoms with van der Waals surface area (Å²) >= 11 is 0. The molecule has 2 aliphatic rings. The van der Waals surface area contributed by atoms with Gasteiger partial charge in [-0.25, -0.2) is 26.7 Å². The molecular formula is C24H30F3N5O3S. The van der Waals surface area contributed by atoms with E-state index < -0.39 is 50.0 Å². The largest absolute Gasteiger partial charge is 0.486 e. The zero-order valence-corrected chi connectivity index (χ0v) is 21.4. The van der Waals surface area contributed by atoms with Crippen molar-refractivity contribution in [2.24, 2.45) is 15.1 Å². The molecule has 0 spiro atoms. The molecule has 196 valence electrons. The number of ether oxygens (including phenoxy) is 1. The van der Waals surface area contributed by atoms with Crippen LogP contribution >= 0.6 is 0 Å². The molecule has 8 nitrogen and oxygen atoms in total. The van der Waals surface area contributed by atoms with Crippen molar-refractivity contribution in [1.29, 1.82) is 0 Å². The van der Waals surface area contributed by atoms with Gasteiger partial charge in [0.25, 0.3) is 12.3 Å². The summed E-state index contributed by atoms with van der Waals surface area (Å²) in [5.74, 6) is -1.04. The fourth-order valence-electron chi connectivity index (χ4n) is 4.12. The van der Waals surface area contributed by atoms with E-state index in [4.69, 9.17) is 10.5 Å². The maximum atomic E-state index is 15.2. The summed E-state index contributed by atoms with van der Waals surface area (Å²) in [5.41, 5.74) is 5.27. The van der Waals surface area contributed by atoms with E-state index in [0.717, 1.165) is 12.3 Å². The molecule has 2 aliphatic heterocycles. The fourth-order valence-corrected chi connectivity index (χ4v) is 7.30. The van der Waals surface area contributed by atoms with E-state index in [0.29, 0.717) is 18.7 Å². The van der Waals surface area contributed by atoms with E-state index in [1.165, 1.54) is 18.2 Å². The lowest BCUT2D eigenvalue weighted by Crippen LogP contribution is -2.60. The van der Waals surface area contributed by atoms with E-state index in [2.05, 4.69) is 26.2 Å². The lowest BCUT2D eigenvalue weighted by molar-refractivity contribution is 0.0815.